The van der Waals surface area contributed by atoms with E-state index in [-0.39, 0.29) is 10.8 Å². The quantitative estimate of drug-likeness (QED) is 0.434. The molecule has 7 atom stereocenters. The maximum Gasteiger partial charge on any atom is 0.0985 e. The zero-order valence-electron chi connectivity index (χ0n) is 21.9. The highest BCUT2D eigenvalue weighted by molar-refractivity contribution is 5.39. The molecular formula is C30H50O. The fraction of sp³-hybridized carbons (Fsp3) is 0.867. The van der Waals surface area contributed by atoms with Crippen LogP contribution in [-0.2, 0) is 0 Å². The van der Waals surface area contributed by atoms with E-state index in [1.807, 2.05) is 0 Å². The number of hydrogen-bond acceptors (Lipinski definition) is 1. The Hall–Kier alpha value is -0.720. The summed E-state index contributed by atoms with van der Waals surface area (Å²) in [5.74, 6) is 4.52. The molecule has 0 aromatic rings. The van der Waals surface area contributed by atoms with E-state index in [0.29, 0.717) is 28.4 Å². The first-order chi connectivity index (χ1) is 14.4. The first kappa shape index (κ1) is 23.4. The molecule has 0 radical (unpaired) electrons. The highest BCUT2D eigenvalue weighted by Crippen LogP contribution is 2.73. The molecule has 0 aromatic carbocycles. The lowest BCUT2D eigenvalue weighted by atomic mass is 9.41. The number of aliphatic hydroxyl groups excluding tert-OH is 1. The average Bonchev–Trinajstić information content (AvgIpc) is 2.96. The maximum absolute atomic E-state index is 11.2. The summed E-state index contributed by atoms with van der Waals surface area (Å²) in [5, 5.41) is 11.2. The molecular weight excluding hydrogens is 376 g/mol. The van der Waals surface area contributed by atoms with Crippen LogP contribution in [0.25, 0.3) is 0 Å². The first-order valence-electron chi connectivity index (χ1n) is 13.5. The van der Waals surface area contributed by atoms with Crippen molar-refractivity contribution in [1.82, 2.24) is 0 Å². The zero-order valence-corrected chi connectivity index (χ0v) is 21.9. The smallest absolute Gasteiger partial charge is 0.0985 e. The van der Waals surface area contributed by atoms with Crippen LogP contribution in [0.1, 0.15) is 113 Å². The molecule has 2 saturated carbocycles. The third kappa shape index (κ3) is 3.30. The predicted molar refractivity (Wildman–Crippen MR) is 133 cm³/mol. The number of aliphatic hydroxyl groups is 1. The number of allylic oxidation sites excluding steroid dienone is 3. The van der Waals surface area contributed by atoms with Gasteiger partial charge in [-0.1, -0.05) is 79.4 Å². The van der Waals surface area contributed by atoms with Crippen LogP contribution in [0.5, 0.6) is 0 Å². The van der Waals surface area contributed by atoms with Crippen molar-refractivity contribution in [1.29, 1.82) is 0 Å². The molecule has 2 fully saturated rings. The van der Waals surface area contributed by atoms with E-state index in [9.17, 15) is 5.11 Å². The summed E-state index contributed by atoms with van der Waals surface area (Å²) in [6.07, 6.45) is 16.6. The topological polar surface area (TPSA) is 20.2 Å². The van der Waals surface area contributed by atoms with Crippen molar-refractivity contribution in [2.45, 2.75) is 113 Å². The third-order valence-corrected chi connectivity index (χ3v) is 11.4. The van der Waals surface area contributed by atoms with E-state index in [1.165, 1.54) is 56.9 Å². The van der Waals surface area contributed by atoms with Crippen molar-refractivity contribution in [3.8, 4) is 0 Å². The fourth-order valence-corrected chi connectivity index (χ4v) is 9.38. The van der Waals surface area contributed by atoms with E-state index >= 15 is 0 Å². The summed E-state index contributed by atoms with van der Waals surface area (Å²) in [6.45, 7) is 19.8. The Morgan fingerprint density at radius 2 is 1.58 bits per heavy atom. The largest absolute Gasteiger partial charge is 0.512 e. The van der Waals surface area contributed by atoms with Gasteiger partial charge in [0.2, 0.25) is 0 Å². The summed E-state index contributed by atoms with van der Waals surface area (Å²) in [6, 6.07) is 0. The van der Waals surface area contributed by atoms with Crippen molar-refractivity contribution in [2.75, 3.05) is 0 Å². The SMILES string of the molecule is CC(C)CCC[C@@H](C)[C@H]1CC[C@@]2(C)[C@@H]3CC=C4C(C)(C)CC=C(O)[C@]4(C)[C@H]3CC[C@]12C. The second kappa shape index (κ2) is 7.66. The minimum Gasteiger partial charge on any atom is -0.512 e. The third-order valence-electron chi connectivity index (χ3n) is 11.4. The van der Waals surface area contributed by atoms with Crippen LogP contribution in [0.15, 0.2) is 23.5 Å². The van der Waals surface area contributed by atoms with E-state index in [1.54, 1.807) is 0 Å². The van der Waals surface area contributed by atoms with Crippen molar-refractivity contribution in [3.63, 3.8) is 0 Å². The van der Waals surface area contributed by atoms with Crippen LogP contribution in [0.2, 0.25) is 0 Å². The van der Waals surface area contributed by atoms with Crippen LogP contribution in [-0.4, -0.2) is 5.11 Å². The van der Waals surface area contributed by atoms with Crippen molar-refractivity contribution >= 4 is 0 Å². The van der Waals surface area contributed by atoms with Crippen LogP contribution in [0, 0.1) is 51.2 Å². The Morgan fingerprint density at radius 3 is 2.26 bits per heavy atom. The molecule has 1 nitrogen and oxygen atoms in total. The van der Waals surface area contributed by atoms with Gasteiger partial charge in [0.05, 0.1) is 5.76 Å². The highest BCUT2D eigenvalue weighted by atomic mass is 16.3. The normalized spacial score (nSPS) is 44.7. The molecule has 0 aliphatic heterocycles. The molecule has 176 valence electrons. The molecule has 4 rings (SSSR count). The second-order valence-corrected chi connectivity index (χ2v) is 13.8. The van der Waals surface area contributed by atoms with Gasteiger partial charge in [-0.25, -0.2) is 0 Å². The fourth-order valence-electron chi connectivity index (χ4n) is 9.38. The molecule has 0 aromatic heterocycles. The lowest BCUT2D eigenvalue weighted by Gasteiger charge is -2.63. The summed E-state index contributed by atoms with van der Waals surface area (Å²) in [7, 11) is 0. The minimum absolute atomic E-state index is 0.143. The van der Waals surface area contributed by atoms with E-state index in [2.05, 4.69) is 67.5 Å². The minimum atomic E-state index is -0.143. The Labute approximate surface area is 193 Å². The van der Waals surface area contributed by atoms with Gasteiger partial charge in [0.25, 0.3) is 0 Å². The molecule has 31 heavy (non-hydrogen) atoms. The van der Waals surface area contributed by atoms with Crippen molar-refractivity contribution < 1.29 is 5.11 Å². The van der Waals surface area contributed by atoms with Gasteiger partial charge in [0.1, 0.15) is 0 Å². The molecule has 0 heterocycles. The van der Waals surface area contributed by atoms with Crippen LogP contribution < -0.4 is 0 Å². The number of rotatable bonds is 5. The molecule has 0 unspecified atom stereocenters. The van der Waals surface area contributed by atoms with Gasteiger partial charge in [-0.15, -0.1) is 0 Å². The molecule has 4 aliphatic rings. The van der Waals surface area contributed by atoms with Gasteiger partial charge in [0, 0.05) is 5.41 Å². The monoisotopic (exact) mass is 426 g/mol. The van der Waals surface area contributed by atoms with E-state index < -0.39 is 0 Å². The predicted octanol–water partition coefficient (Wildman–Crippen LogP) is 9.11. The highest BCUT2D eigenvalue weighted by Gasteiger charge is 2.66. The Balaban J connectivity index is 1.63. The van der Waals surface area contributed by atoms with Crippen LogP contribution in [0.4, 0.5) is 0 Å². The van der Waals surface area contributed by atoms with Gasteiger partial charge >= 0.3 is 0 Å². The molecule has 1 heteroatoms. The van der Waals surface area contributed by atoms with Crippen LogP contribution in [0.3, 0.4) is 0 Å². The first-order valence-corrected chi connectivity index (χ1v) is 13.5. The van der Waals surface area contributed by atoms with Gasteiger partial charge < -0.3 is 5.11 Å². The molecule has 0 bridgehead atoms. The lowest BCUT2D eigenvalue weighted by molar-refractivity contribution is -0.110. The summed E-state index contributed by atoms with van der Waals surface area (Å²) in [4.78, 5) is 0. The Bertz CT molecular complexity index is 756. The number of hydrogen-bond donors (Lipinski definition) is 1. The van der Waals surface area contributed by atoms with Gasteiger partial charge in [0.15, 0.2) is 0 Å². The number of fused-ring (bicyclic) bond motifs is 5. The molecule has 0 saturated heterocycles. The average molecular weight is 427 g/mol. The van der Waals surface area contributed by atoms with Crippen molar-refractivity contribution in [2.24, 2.45) is 51.2 Å². The summed E-state index contributed by atoms with van der Waals surface area (Å²) in [5.41, 5.74) is 2.42. The lowest BCUT2D eigenvalue weighted by Crippen LogP contribution is -2.56. The standard InChI is InChI=1S/C30H50O/c1-20(2)10-9-11-21(3)22-14-18-29(7)23-12-13-25-27(4,5)17-16-26(31)30(25,8)24(23)15-19-28(22,29)6/h13,16,20-24,31H,9-12,14-15,17-19H2,1-8H3/t21-,22-,23-,24+,28-,29+,30-/m1/s1. The molecule has 4 aliphatic carbocycles. The van der Waals surface area contributed by atoms with Gasteiger partial charge in [-0.05, 0) is 97.4 Å². The molecule has 1 N–H and O–H groups in total. The van der Waals surface area contributed by atoms with Gasteiger partial charge in [-0.3, -0.25) is 0 Å². The van der Waals surface area contributed by atoms with Crippen LogP contribution >= 0.6 is 0 Å². The van der Waals surface area contributed by atoms with Gasteiger partial charge in [-0.2, -0.15) is 0 Å². The maximum atomic E-state index is 11.2. The van der Waals surface area contributed by atoms with E-state index in [4.69, 9.17) is 0 Å². The Kier molecular flexibility index (Phi) is 5.79. The Morgan fingerprint density at radius 1 is 0.903 bits per heavy atom. The van der Waals surface area contributed by atoms with Crippen molar-refractivity contribution in [3.05, 3.63) is 23.5 Å². The molecule has 0 spiro atoms. The second-order valence-electron chi connectivity index (χ2n) is 13.8. The van der Waals surface area contributed by atoms with E-state index in [0.717, 1.165) is 24.2 Å². The molecule has 0 amide bonds. The summed E-state index contributed by atoms with van der Waals surface area (Å²) >= 11 is 0. The zero-order chi connectivity index (χ0) is 22.8. The summed E-state index contributed by atoms with van der Waals surface area (Å²) < 4.78 is 0.